The zero-order valence-electron chi connectivity index (χ0n) is 12.6. The second-order valence-corrected chi connectivity index (χ2v) is 5.58. The van der Waals surface area contributed by atoms with E-state index < -0.39 is 0 Å². The number of nitrogens with zero attached hydrogens (tertiary/aromatic N) is 2. The molecular weight excluding hydrogens is 226 g/mol. The van der Waals surface area contributed by atoms with E-state index in [-0.39, 0.29) is 18.1 Å². The van der Waals surface area contributed by atoms with Gasteiger partial charge in [0, 0.05) is 13.1 Å². The molecule has 0 aromatic rings. The van der Waals surface area contributed by atoms with Crippen LogP contribution in [-0.2, 0) is 4.79 Å². The number of hydrogen-bond acceptors (Lipinski definition) is 3. The van der Waals surface area contributed by atoms with Crippen molar-refractivity contribution >= 4 is 5.91 Å². The SMILES string of the molecule is CCN(CC)CCN1C(=O)C(CC(C)C)NC1C. The smallest absolute Gasteiger partial charge is 0.241 e. The molecule has 0 aromatic carbocycles. The number of carbonyl (C=O) groups is 1. The molecule has 0 aromatic heterocycles. The molecule has 18 heavy (non-hydrogen) atoms. The summed E-state index contributed by atoms with van der Waals surface area (Å²) in [5.41, 5.74) is 0. The van der Waals surface area contributed by atoms with Crippen LogP contribution in [0.3, 0.4) is 0 Å². The monoisotopic (exact) mass is 255 g/mol. The van der Waals surface area contributed by atoms with Crippen molar-refractivity contribution in [1.29, 1.82) is 0 Å². The van der Waals surface area contributed by atoms with Gasteiger partial charge in [-0.1, -0.05) is 27.7 Å². The maximum atomic E-state index is 12.3. The summed E-state index contributed by atoms with van der Waals surface area (Å²) in [5, 5.41) is 3.40. The van der Waals surface area contributed by atoms with Crippen molar-refractivity contribution in [3.05, 3.63) is 0 Å². The van der Waals surface area contributed by atoms with Crippen molar-refractivity contribution in [2.45, 2.75) is 53.2 Å². The molecule has 1 fully saturated rings. The molecule has 0 bridgehead atoms. The van der Waals surface area contributed by atoms with Gasteiger partial charge in [0.15, 0.2) is 0 Å². The Morgan fingerprint density at radius 2 is 1.94 bits per heavy atom. The van der Waals surface area contributed by atoms with Gasteiger partial charge in [-0.25, -0.2) is 0 Å². The van der Waals surface area contributed by atoms with Gasteiger partial charge in [-0.2, -0.15) is 0 Å². The highest BCUT2D eigenvalue weighted by molar-refractivity contribution is 5.84. The van der Waals surface area contributed by atoms with Gasteiger partial charge in [-0.3, -0.25) is 10.1 Å². The number of amides is 1. The molecule has 1 aliphatic rings. The molecule has 0 spiro atoms. The molecular formula is C14H29N3O. The van der Waals surface area contributed by atoms with Gasteiger partial charge in [-0.05, 0) is 32.4 Å². The topological polar surface area (TPSA) is 35.6 Å². The lowest BCUT2D eigenvalue weighted by molar-refractivity contribution is -0.130. The lowest BCUT2D eigenvalue weighted by atomic mass is 10.0. The van der Waals surface area contributed by atoms with Crippen molar-refractivity contribution in [2.24, 2.45) is 5.92 Å². The molecule has 0 saturated carbocycles. The second-order valence-electron chi connectivity index (χ2n) is 5.58. The van der Waals surface area contributed by atoms with Gasteiger partial charge in [0.2, 0.25) is 5.91 Å². The van der Waals surface area contributed by atoms with E-state index in [1.165, 1.54) is 0 Å². The Morgan fingerprint density at radius 3 is 2.44 bits per heavy atom. The lowest BCUT2D eigenvalue weighted by Gasteiger charge is -2.25. The predicted molar refractivity (Wildman–Crippen MR) is 75.3 cm³/mol. The number of carbonyl (C=O) groups excluding carboxylic acids is 1. The van der Waals surface area contributed by atoms with E-state index in [0.29, 0.717) is 5.92 Å². The highest BCUT2D eigenvalue weighted by Gasteiger charge is 2.36. The standard InChI is InChI=1S/C14H29N3O/c1-6-16(7-2)8-9-17-12(5)15-13(14(17)18)10-11(3)4/h11-13,15H,6-10H2,1-5H3. The third-order valence-corrected chi connectivity index (χ3v) is 3.75. The molecule has 1 aliphatic heterocycles. The minimum atomic E-state index is 0.0247. The Hall–Kier alpha value is -0.610. The van der Waals surface area contributed by atoms with E-state index in [2.05, 4.69) is 44.8 Å². The van der Waals surface area contributed by atoms with Crippen LogP contribution < -0.4 is 5.32 Å². The van der Waals surface area contributed by atoms with Crippen LogP contribution in [0.1, 0.15) is 41.0 Å². The first kappa shape index (κ1) is 15.4. The van der Waals surface area contributed by atoms with Gasteiger partial charge in [0.05, 0.1) is 12.2 Å². The number of rotatable bonds is 7. The highest BCUT2D eigenvalue weighted by atomic mass is 16.2. The van der Waals surface area contributed by atoms with Crippen LogP contribution in [0.2, 0.25) is 0 Å². The second kappa shape index (κ2) is 7.10. The van der Waals surface area contributed by atoms with Crippen molar-refractivity contribution in [3.8, 4) is 0 Å². The Kier molecular flexibility index (Phi) is 6.09. The van der Waals surface area contributed by atoms with Gasteiger partial charge in [0.25, 0.3) is 0 Å². The average molecular weight is 255 g/mol. The average Bonchev–Trinajstić information content (AvgIpc) is 2.56. The fraction of sp³-hybridized carbons (Fsp3) is 0.929. The maximum absolute atomic E-state index is 12.3. The van der Waals surface area contributed by atoms with E-state index in [1.807, 2.05) is 4.90 Å². The van der Waals surface area contributed by atoms with E-state index in [9.17, 15) is 4.79 Å². The molecule has 1 saturated heterocycles. The third-order valence-electron chi connectivity index (χ3n) is 3.75. The van der Waals surface area contributed by atoms with E-state index in [1.54, 1.807) is 0 Å². The van der Waals surface area contributed by atoms with Gasteiger partial charge in [0.1, 0.15) is 0 Å². The van der Waals surface area contributed by atoms with Crippen molar-refractivity contribution in [3.63, 3.8) is 0 Å². The molecule has 0 radical (unpaired) electrons. The minimum absolute atomic E-state index is 0.0247. The number of likely N-dealkylation sites (N-methyl/N-ethyl adjacent to an activating group) is 1. The summed E-state index contributed by atoms with van der Waals surface area (Å²) in [4.78, 5) is 16.6. The van der Waals surface area contributed by atoms with Crippen molar-refractivity contribution < 1.29 is 4.79 Å². The molecule has 106 valence electrons. The Balaban J connectivity index is 2.48. The molecule has 4 heteroatoms. The first-order chi connectivity index (χ1) is 8.49. The molecule has 0 aliphatic carbocycles. The van der Waals surface area contributed by atoms with Crippen LogP contribution in [0.15, 0.2) is 0 Å². The summed E-state index contributed by atoms with van der Waals surface area (Å²) < 4.78 is 0. The quantitative estimate of drug-likeness (QED) is 0.749. The van der Waals surface area contributed by atoms with Crippen LogP contribution in [0.5, 0.6) is 0 Å². The summed E-state index contributed by atoms with van der Waals surface area (Å²) in [5.74, 6) is 0.838. The molecule has 1 heterocycles. The van der Waals surface area contributed by atoms with E-state index >= 15 is 0 Å². The predicted octanol–water partition coefficient (Wildman–Crippen LogP) is 1.52. The minimum Gasteiger partial charge on any atom is -0.325 e. The molecule has 1 amide bonds. The van der Waals surface area contributed by atoms with Gasteiger partial charge >= 0.3 is 0 Å². The lowest BCUT2D eigenvalue weighted by Crippen LogP contribution is -2.40. The summed E-state index contributed by atoms with van der Waals surface area (Å²) in [6.45, 7) is 14.7. The Labute approximate surface area is 112 Å². The fourth-order valence-corrected chi connectivity index (χ4v) is 2.58. The van der Waals surface area contributed by atoms with Gasteiger partial charge < -0.3 is 9.80 Å². The highest BCUT2D eigenvalue weighted by Crippen LogP contribution is 2.16. The molecule has 2 atom stereocenters. The third kappa shape index (κ3) is 3.95. The Morgan fingerprint density at radius 1 is 1.33 bits per heavy atom. The molecule has 1 N–H and O–H groups in total. The van der Waals surface area contributed by atoms with Crippen molar-refractivity contribution in [2.75, 3.05) is 26.2 Å². The Bertz CT molecular complexity index is 264. The van der Waals surface area contributed by atoms with Crippen LogP contribution in [0.25, 0.3) is 0 Å². The largest absolute Gasteiger partial charge is 0.325 e. The van der Waals surface area contributed by atoms with Crippen LogP contribution in [0, 0.1) is 5.92 Å². The maximum Gasteiger partial charge on any atom is 0.241 e. The molecule has 1 rings (SSSR count). The van der Waals surface area contributed by atoms with Crippen LogP contribution >= 0.6 is 0 Å². The fourth-order valence-electron chi connectivity index (χ4n) is 2.58. The van der Waals surface area contributed by atoms with Gasteiger partial charge in [-0.15, -0.1) is 0 Å². The van der Waals surface area contributed by atoms with E-state index in [4.69, 9.17) is 0 Å². The first-order valence-corrected chi connectivity index (χ1v) is 7.28. The summed E-state index contributed by atoms with van der Waals surface area (Å²) in [6.07, 6.45) is 1.11. The normalized spacial score (nSPS) is 24.6. The van der Waals surface area contributed by atoms with Crippen molar-refractivity contribution in [1.82, 2.24) is 15.1 Å². The zero-order valence-corrected chi connectivity index (χ0v) is 12.6. The van der Waals surface area contributed by atoms with Crippen LogP contribution in [0.4, 0.5) is 0 Å². The van der Waals surface area contributed by atoms with Crippen LogP contribution in [-0.4, -0.2) is 54.1 Å². The summed E-state index contributed by atoms with van der Waals surface area (Å²) >= 11 is 0. The zero-order chi connectivity index (χ0) is 13.7. The summed E-state index contributed by atoms with van der Waals surface area (Å²) in [6, 6.07) is 0.0247. The number of hydrogen-bond donors (Lipinski definition) is 1. The first-order valence-electron chi connectivity index (χ1n) is 7.28. The molecule has 4 nitrogen and oxygen atoms in total. The molecule has 2 unspecified atom stereocenters. The van der Waals surface area contributed by atoms with E-state index in [0.717, 1.165) is 32.6 Å². The number of nitrogens with one attached hydrogen (secondary N) is 1. The summed E-state index contributed by atoms with van der Waals surface area (Å²) in [7, 11) is 0.